The Morgan fingerprint density at radius 1 is 0.919 bits per heavy atom. The molecule has 10 heteroatoms. The minimum Gasteiger partial charge on any atom is -0.462 e. The molecule has 0 aliphatic heterocycles. The van der Waals surface area contributed by atoms with Gasteiger partial charge in [0.25, 0.3) is 5.69 Å². The first kappa shape index (κ1) is 30.4. The van der Waals surface area contributed by atoms with E-state index in [1.807, 2.05) is 0 Å². The summed E-state index contributed by atoms with van der Waals surface area (Å²) in [5.74, 6) is -0.972. The number of carbonyl (C=O) groups excluding carboxylic acids is 1. The predicted molar refractivity (Wildman–Crippen MR) is 136 cm³/mol. The number of alkyl halides is 3. The number of nitrogens with zero attached hydrogens (tertiary/aromatic N) is 1. The third kappa shape index (κ3) is 10.6. The van der Waals surface area contributed by atoms with Crippen LogP contribution in [-0.2, 0) is 10.9 Å². The van der Waals surface area contributed by atoms with E-state index in [2.05, 4.69) is 6.92 Å². The summed E-state index contributed by atoms with van der Waals surface area (Å²) in [5.41, 5.74) is -1.72. The highest BCUT2D eigenvalue weighted by Gasteiger charge is 2.31. The van der Waals surface area contributed by atoms with E-state index in [-0.39, 0.29) is 28.7 Å². The van der Waals surface area contributed by atoms with Gasteiger partial charge in [0, 0.05) is 12.1 Å². The van der Waals surface area contributed by atoms with E-state index in [1.54, 1.807) is 0 Å². The molecule has 0 N–H and O–H groups in total. The van der Waals surface area contributed by atoms with Gasteiger partial charge in [-0.1, -0.05) is 82.7 Å². The summed E-state index contributed by atoms with van der Waals surface area (Å²) >= 11 is 5.91. The molecule has 0 bridgehead atoms. The van der Waals surface area contributed by atoms with E-state index >= 15 is 0 Å². The first-order valence-electron chi connectivity index (χ1n) is 12.6. The Morgan fingerprint density at radius 3 is 2.05 bits per heavy atom. The quantitative estimate of drug-likeness (QED) is 0.0911. The van der Waals surface area contributed by atoms with Crippen LogP contribution in [0.5, 0.6) is 11.5 Å². The number of nitro benzene ring substituents is 1. The number of halogens is 4. The van der Waals surface area contributed by atoms with Gasteiger partial charge in [0.1, 0.15) is 17.1 Å². The van der Waals surface area contributed by atoms with Crippen molar-refractivity contribution in [1.82, 2.24) is 0 Å². The SMILES string of the molecule is CCCCCCCCCCCCCOC(=O)c1cc(Oc2ccc(C(F)(F)F)cc2Cl)ccc1[N+](=O)[O-]. The van der Waals surface area contributed by atoms with Crippen molar-refractivity contribution < 1.29 is 32.4 Å². The van der Waals surface area contributed by atoms with Crippen molar-refractivity contribution in [3.8, 4) is 11.5 Å². The van der Waals surface area contributed by atoms with Crippen LogP contribution < -0.4 is 4.74 Å². The largest absolute Gasteiger partial charge is 0.462 e. The summed E-state index contributed by atoms with van der Waals surface area (Å²) in [5, 5.41) is 11.1. The van der Waals surface area contributed by atoms with Crippen molar-refractivity contribution in [2.45, 2.75) is 83.7 Å². The first-order chi connectivity index (χ1) is 17.6. The Bertz CT molecular complexity index is 1030. The lowest BCUT2D eigenvalue weighted by molar-refractivity contribution is -0.385. The van der Waals surface area contributed by atoms with Gasteiger partial charge in [-0.2, -0.15) is 13.2 Å². The maximum Gasteiger partial charge on any atom is 0.416 e. The lowest BCUT2D eigenvalue weighted by Gasteiger charge is -2.12. The fraction of sp³-hybridized carbons (Fsp3) is 0.519. The Labute approximate surface area is 220 Å². The maximum atomic E-state index is 12.8. The third-order valence-corrected chi connectivity index (χ3v) is 6.15. The molecule has 0 heterocycles. The molecular formula is C27H33ClF3NO5. The molecule has 0 saturated heterocycles. The van der Waals surface area contributed by atoms with Crippen molar-refractivity contribution in [3.63, 3.8) is 0 Å². The standard InChI is InChI=1S/C27H33ClF3NO5/c1-2-3-4-5-6-7-8-9-10-11-12-17-36-26(33)22-19-21(14-15-24(22)32(34)35)37-25-16-13-20(18-23(25)28)27(29,30)31/h13-16,18-19H,2-12,17H2,1H3. The number of unbranched alkanes of at least 4 members (excludes halogenated alkanes) is 10. The molecule has 0 spiro atoms. The molecule has 6 nitrogen and oxygen atoms in total. The van der Waals surface area contributed by atoms with Crippen LogP contribution >= 0.6 is 11.6 Å². The molecule has 0 aromatic heterocycles. The lowest BCUT2D eigenvalue weighted by atomic mass is 10.1. The molecular weight excluding hydrogens is 511 g/mol. The number of esters is 1. The van der Waals surface area contributed by atoms with E-state index in [9.17, 15) is 28.1 Å². The number of nitro groups is 1. The van der Waals surface area contributed by atoms with E-state index in [0.29, 0.717) is 12.5 Å². The molecule has 2 rings (SSSR count). The van der Waals surface area contributed by atoms with Crippen LogP contribution in [0, 0.1) is 10.1 Å². The summed E-state index contributed by atoms with van der Waals surface area (Å²) in [4.78, 5) is 23.2. The molecule has 0 saturated carbocycles. The van der Waals surface area contributed by atoms with Gasteiger partial charge in [-0.15, -0.1) is 0 Å². The minimum atomic E-state index is -4.57. The molecule has 37 heavy (non-hydrogen) atoms. The van der Waals surface area contributed by atoms with Crippen LogP contribution in [0.25, 0.3) is 0 Å². The van der Waals surface area contributed by atoms with E-state index in [0.717, 1.165) is 43.5 Å². The van der Waals surface area contributed by atoms with Crippen LogP contribution in [-0.4, -0.2) is 17.5 Å². The number of ether oxygens (including phenoxy) is 2. The van der Waals surface area contributed by atoms with Gasteiger partial charge in [-0.25, -0.2) is 4.79 Å². The topological polar surface area (TPSA) is 78.7 Å². The predicted octanol–water partition coefficient (Wildman–Crippen LogP) is 9.53. The number of hydrogen-bond donors (Lipinski definition) is 0. The van der Waals surface area contributed by atoms with Crippen molar-refractivity contribution >= 4 is 23.3 Å². The van der Waals surface area contributed by atoms with Gasteiger partial charge in [-0.3, -0.25) is 10.1 Å². The van der Waals surface area contributed by atoms with Gasteiger partial charge >= 0.3 is 12.1 Å². The monoisotopic (exact) mass is 543 g/mol. The van der Waals surface area contributed by atoms with Crippen molar-refractivity contribution in [1.29, 1.82) is 0 Å². The summed E-state index contributed by atoms with van der Waals surface area (Å²) in [6.07, 6.45) is 7.95. The van der Waals surface area contributed by atoms with Gasteiger partial charge in [0.15, 0.2) is 0 Å². The van der Waals surface area contributed by atoms with Crippen LogP contribution in [0.3, 0.4) is 0 Å². The van der Waals surface area contributed by atoms with Gasteiger partial charge < -0.3 is 9.47 Å². The van der Waals surface area contributed by atoms with Crippen molar-refractivity contribution in [2.75, 3.05) is 6.61 Å². The zero-order chi connectivity index (χ0) is 27.3. The number of benzene rings is 2. The van der Waals surface area contributed by atoms with E-state index in [4.69, 9.17) is 21.1 Å². The Kier molecular flexibility index (Phi) is 12.7. The van der Waals surface area contributed by atoms with E-state index < -0.39 is 28.3 Å². The average Bonchev–Trinajstić information content (AvgIpc) is 2.85. The molecule has 204 valence electrons. The summed E-state index contributed by atoms with van der Waals surface area (Å²) in [6, 6.07) is 5.98. The van der Waals surface area contributed by atoms with Crippen molar-refractivity contribution in [3.05, 3.63) is 62.7 Å². The molecule has 0 fully saturated rings. The highest BCUT2D eigenvalue weighted by molar-refractivity contribution is 6.32. The first-order valence-corrected chi connectivity index (χ1v) is 13.0. The second-order valence-corrected chi connectivity index (χ2v) is 9.26. The van der Waals surface area contributed by atoms with Crippen molar-refractivity contribution in [2.24, 2.45) is 0 Å². The zero-order valence-electron chi connectivity index (χ0n) is 20.9. The molecule has 0 atom stereocenters. The summed E-state index contributed by atoms with van der Waals surface area (Å²) in [6.45, 7) is 2.33. The average molecular weight is 544 g/mol. The Balaban J connectivity index is 1.86. The smallest absolute Gasteiger partial charge is 0.416 e. The molecule has 2 aromatic carbocycles. The Morgan fingerprint density at radius 2 is 1.51 bits per heavy atom. The fourth-order valence-corrected chi connectivity index (χ4v) is 4.02. The van der Waals surface area contributed by atoms with Crippen LogP contribution in [0.4, 0.5) is 18.9 Å². The number of hydrogen-bond acceptors (Lipinski definition) is 5. The third-order valence-electron chi connectivity index (χ3n) is 5.85. The summed E-state index contributed by atoms with van der Waals surface area (Å²) in [7, 11) is 0. The lowest BCUT2D eigenvalue weighted by Crippen LogP contribution is -2.09. The molecule has 0 unspecified atom stereocenters. The van der Waals surface area contributed by atoms with Crippen LogP contribution in [0.15, 0.2) is 36.4 Å². The fourth-order valence-electron chi connectivity index (χ4n) is 3.80. The van der Waals surface area contributed by atoms with Crippen LogP contribution in [0.1, 0.15) is 93.5 Å². The van der Waals surface area contributed by atoms with Gasteiger partial charge in [0.05, 0.1) is 22.1 Å². The van der Waals surface area contributed by atoms with Crippen LogP contribution in [0.2, 0.25) is 5.02 Å². The Hall–Kier alpha value is -2.81. The molecule has 0 aliphatic carbocycles. The molecule has 0 amide bonds. The molecule has 0 aliphatic rings. The zero-order valence-corrected chi connectivity index (χ0v) is 21.7. The number of rotatable bonds is 16. The second kappa shape index (κ2) is 15.4. The highest BCUT2D eigenvalue weighted by atomic mass is 35.5. The van der Waals surface area contributed by atoms with Gasteiger partial charge in [0.2, 0.25) is 0 Å². The van der Waals surface area contributed by atoms with Gasteiger partial charge in [-0.05, 0) is 30.7 Å². The molecule has 2 aromatic rings. The second-order valence-electron chi connectivity index (χ2n) is 8.85. The summed E-state index contributed by atoms with van der Waals surface area (Å²) < 4.78 is 49.2. The number of carbonyl (C=O) groups is 1. The van der Waals surface area contributed by atoms with E-state index in [1.165, 1.54) is 51.0 Å². The highest BCUT2D eigenvalue weighted by Crippen LogP contribution is 2.37. The molecule has 0 radical (unpaired) electrons. The maximum absolute atomic E-state index is 12.8. The minimum absolute atomic E-state index is 0.00565. The normalized spacial score (nSPS) is 11.4.